The summed E-state index contributed by atoms with van der Waals surface area (Å²) in [4.78, 5) is 7.39. The van der Waals surface area contributed by atoms with Crippen molar-refractivity contribution in [1.82, 2.24) is 10.3 Å². The topological polar surface area (TPSA) is 28.2 Å². The normalized spacial score (nSPS) is 19.0. The van der Waals surface area contributed by atoms with Crippen molar-refractivity contribution in [2.45, 2.75) is 53.5 Å². The molecule has 1 aromatic rings. The fraction of sp³-hybridized carbons (Fsp3) is 0.722. The molecule has 1 unspecified atom stereocenters. The summed E-state index contributed by atoms with van der Waals surface area (Å²) in [5.41, 5.74) is 2.58. The van der Waals surface area contributed by atoms with Gasteiger partial charge < -0.3 is 10.2 Å². The lowest BCUT2D eigenvalue weighted by atomic mass is 9.95. The molecular formula is C18H31N3. The molecule has 0 bridgehead atoms. The van der Waals surface area contributed by atoms with E-state index >= 15 is 0 Å². The Morgan fingerprint density at radius 3 is 2.62 bits per heavy atom. The minimum absolute atomic E-state index is 0.480. The maximum absolute atomic E-state index is 4.91. The van der Waals surface area contributed by atoms with Crippen molar-refractivity contribution in [3.05, 3.63) is 23.4 Å². The minimum Gasteiger partial charge on any atom is -0.356 e. The van der Waals surface area contributed by atoms with Crippen LogP contribution in [0.3, 0.4) is 0 Å². The first-order valence-corrected chi connectivity index (χ1v) is 8.47. The second kappa shape index (κ2) is 7.26. The van der Waals surface area contributed by atoms with Crippen molar-refractivity contribution in [3.8, 4) is 0 Å². The Labute approximate surface area is 130 Å². The second-order valence-corrected chi connectivity index (χ2v) is 6.93. The van der Waals surface area contributed by atoms with E-state index < -0.39 is 0 Å². The third kappa shape index (κ3) is 4.19. The third-order valence-electron chi connectivity index (χ3n) is 4.55. The van der Waals surface area contributed by atoms with Gasteiger partial charge in [-0.15, -0.1) is 0 Å². The highest BCUT2D eigenvalue weighted by molar-refractivity contribution is 5.44. The monoisotopic (exact) mass is 289 g/mol. The second-order valence-electron chi connectivity index (χ2n) is 6.93. The van der Waals surface area contributed by atoms with Gasteiger partial charge in [-0.3, -0.25) is 0 Å². The van der Waals surface area contributed by atoms with Crippen LogP contribution in [-0.4, -0.2) is 24.6 Å². The molecular weight excluding hydrogens is 258 g/mol. The van der Waals surface area contributed by atoms with Crippen LogP contribution in [0.4, 0.5) is 5.82 Å². The van der Waals surface area contributed by atoms with Gasteiger partial charge in [0.05, 0.1) is 0 Å². The molecule has 0 amide bonds. The van der Waals surface area contributed by atoms with Crippen LogP contribution < -0.4 is 10.2 Å². The van der Waals surface area contributed by atoms with Crippen LogP contribution in [0.5, 0.6) is 0 Å². The Morgan fingerprint density at radius 1 is 1.29 bits per heavy atom. The van der Waals surface area contributed by atoms with E-state index in [0.29, 0.717) is 5.92 Å². The Kier molecular flexibility index (Phi) is 5.63. The van der Waals surface area contributed by atoms with Crippen molar-refractivity contribution in [2.24, 2.45) is 11.8 Å². The summed E-state index contributed by atoms with van der Waals surface area (Å²) < 4.78 is 0. The Morgan fingerprint density at radius 2 is 2.05 bits per heavy atom. The first kappa shape index (κ1) is 16.3. The summed E-state index contributed by atoms with van der Waals surface area (Å²) >= 11 is 0. The molecule has 0 aliphatic carbocycles. The molecule has 1 aliphatic heterocycles. The van der Waals surface area contributed by atoms with Gasteiger partial charge >= 0.3 is 0 Å². The maximum Gasteiger partial charge on any atom is 0.129 e. The Bertz CT molecular complexity index is 454. The molecule has 21 heavy (non-hydrogen) atoms. The van der Waals surface area contributed by atoms with Crippen LogP contribution in [0.1, 0.15) is 58.2 Å². The van der Waals surface area contributed by atoms with Gasteiger partial charge in [-0.2, -0.15) is 0 Å². The van der Waals surface area contributed by atoms with Gasteiger partial charge in [0.15, 0.2) is 0 Å². The molecule has 1 aliphatic rings. The first-order valence-electron chi connectivity index (χ1n) is 8.47. The van der Waals surface area contributed by atoms with E-state index in [1.165, 1.54) is 23.5 Å². The van der Waals surface area contributed by atoms with Gasteiger partial charge in [-0.1, -0.05) is 34.6 Å². The van der Waals surface area contributed by atoms with Gasteiger partial charge in [-0.05, 0) is 48.4 Å². The number of nitrogens with zero attached hydrogens (tertiary/aromatic N) is 2. The summed E-state index contributed by atoms with van der Waals surface area (Å²) in [6.45, 7) is 15.5. The van der Waals surface area contributed by atoms with Crippen molar-refractivity contribution in [1.29, 1.82) is 0 Å². The van der Waals surface area contributed by atoms with E-state index in [9.17, 15) is 0 Å². The zero-order valence-electron chi connectivity index (χ0n) is 14.3. The highest BCUT2D eigenvalue weighted by atomic mass is 15.2. The summed E-state index contributed by atoms with van der Waals surface area (Å²) in [7, 11) is 0. The molecule has 1 atom stereocenters. The molecule has 1 N–H and O–H groups in total. The zero-order chi connectivity index (χ0) is 15.4. The van der Waals surface area contributed by atoms with Gasteiger partial charge in [0.1, 0.15) is 5.82 Å². The minimum atomic E-state index is 0.480. The van der Waals surface area contributed by atoms with Crippen molar-refractivity contribution < 1.29 is 0 Å². The SMILES string of the molecule is CCNCc1cc(C(C)C)nc(N2CCC(C(C)C)C2)c1. The number of anilines is 1. The number of nitrogens with one attached hydrogen (secondary N) is 1. The van der Waals surface area contributed by atoms with Gasteiger partial charge in [-0.25, -0.2) is 4.98 Å². The van der Waals surface area contributed by atoms with E-state index in [-0.39, 0.29) is 0 Å². The highest BCUT2D eigenvalue weighted by Gasteiger charge is 2.26. The molecule has 1 saturated heterocycles. The zero-order valence-corrected chi connectivity index (χ0v) is 14.3. The van der Waals surface area contributed by atoms with Gasteiger partial charge in [0.2, 0.25) is 0 Å². The predicted molar refractivity (Wildman–Crippen MR) is 90.9 cm³/mol. The molecule has 3 nitrogen and oxygen atoms in total. The van der Waals surface area contributed by atoms with E-state index in [1.807, 2.05) is 0 Å². The van der Waals surface area contributed by atoms with Crippen molar-refractivity contribution in [2.75, 3.05) is 24.5 Å². The van der Waals surface area contributed by atoms with Crippen LogP contribution in [0.15, 0.2) is 12.1 Å². The molecule has 2 rings (SSSR count). The quantitative estimate of drug-likeness (QED) is 0.863. The highest BCUT2D eigenvalue weighted by Crippen LogP contribution is 2.29. The fourth-order valence-corrected chi connectivity index (χ4v) is 2.96. The molecule has 0 radical (unpaired) electrons. The van der Waals surface area contributed by atoms with Crippen LogP contribution in [0.2, 0.25) is 0 Å². The average molecular weight is 289 g/mol. The fourth-order valence-electron chi connectivity index (χ4n) is 2.96. The standard InChI is InChI=1S/C18H31N3/c1-6-19-11-15-9-17(14(4)5)20-18(10-15)21-8-7-16(12-21)13(2)3/h9-10,13-14,16,19H,6-8,11-12H2,1-5H3. The Hall–Kier alpha value is -1.09. The molecule has 2 heterocycles. The summed E-state index contributed by atoms with van der Waals surface area (Å²) in [6.07, 6.45) is 1.30. The lowest BCUT2D eigenvalue weighted by Gasteiger charge is -2.21. The number of hydrogen-bond acceptors (Lipinski definition) is 3. The number of aromatic nitrogens is 1. The van der Waals surface area contributed by atoms with Crippen LogP contribution in [-0.2, 0) is 6.54 Å². The summed E-state index contributed by atoms with van der Waals surface area (Å²) in [6, 6.07) is 4.53. The summed E-state index contributed by atoms with van der Waals surface area (Å²) in [5, 5.41) is 3.43. The number of rotatable bonds is 6. The van der Waals surface area contributed by atoms with Gasteiger partial charge in [0.25, 0.3) is 0 Å². The third-order valence-corrected chi connectivity index (χ3v) is 4.55. The van der Waals surface area contributed by atoms with Crippen molar-refractivity contribution in [3.63, 3.8) is 0 Å². The molecule has 118 valence electrons. The van der Waals surface area contributed by atoms with Crippen LogP contribution >= 0.6 is 0 Å². The van der Waals surface area contributed by atoms with E-state index in [2.05, 4.69) is 57.0 Å². The molecule has 0 spiro atoms. The molecule has 0 aromatic carbocycles. The smallest absolute Gasteiger partial charge is 0.129 e. The van der Waals surface area contributed by atoms with Crippen molar-refractivity contribution >= 4 is 5.82 Å². The van der Waals surface area contributed by atoms with E-state index in [0.717, 1.165) is 38.0 Å². The van der Waals surface area contributed by atoms with Crippen LogP contribution in [0, 0.1) is 11.8 Å². The maximum atomic E-state index is 4.91. The molecule has 0 saturated carbocycles. The van der Waals surface area contributed by atoms with E-state index in [4.69, 9.17) is 4.98 Å². The molecule has 3 heteroatoms. The van der Waals surface area contributed by atoms with Crippen LogP contribution in [0.25, 0.3) is 0 Å². The van der Waals surface area contributed by atoms with Gasteiger partial charge in [0, 0.05) is 25.3 Å². The molecule has 1 aromatic heterocycles. The lowest BCUT2D eigenvalue weighted by Crippen LogP contribution is -2.23. The number of pyridine rings is 1. The largest absolute Gasteiger partial charge is 0.356 e. The molecule has 1 fully saturated rings. The lowest BCUT2D eigenvalue weighted by molar-refractivity contribution is 0.422. The number of hydrogen-bond donors (Lipinski definition) is 1. The average Bonchev–Trinajstić information content (AvgIpc) is 2.94. The first-order chi connectivity index (χ1) is 10.0. The summed E-state index contributed by atoms with van der Waals surface area (Å²) in [5.74, 6) is 3.24. The van der Waals surface area contributed by atoms with E-state index in [1.54, 1.807) is 0 Å². The Balaban J connectivity index is 2.19. The predicted octanol–water partition coefficient (Wildman–Crippen LogP) is 3.80.